The van der Waals surface area contributed by atoms with Crippen molar-refractivity contribution in [3.05, 3.63) is 28.8 Å². The molecule has 2 fully saturated rings. The summed E-state index contributed by atoms with van der Waals surface area (Å²) in [5, 5.41) is 15.8. The Hall–Kier alpha value is -2.74. The van der Waals surface area contributed by atoms with Gasteiger partial charge in [-0.1, -0.05) is 13.0 Å². The first-order valence-electron chi connectivity index (χ1n) is 10.5. The second-order valence-electron chi connectivity index (χ2n) is 8.80. The molecule has 5 atom stereocenters. The number of quaternary nitrogens is 1. The Balaban J connectivity index is 1.87. The molecular formula is C22H27N3O5. The lowest BCUT2D eigenvalue weighted by molar-refractivity contribution is -0.734. The number of likely N-dealkylation sites (tertiary alicyclic amines) is 1. The number of fused-ring (bicyclic) bond motifs is 4. The summed E-state index contributed by atoms with van der Waals surface area (Å²) in [6.45, 7) is 7.59. The fourth-order valence-electron chi connectivity index (χ4n) is 5.47. The standard InChI is InChI=1S/C22H27N3O5/c1-5-11(3)25-19(28)16-14(8-9-15(26)27)24-22(17(16)20(25)29)13-7-6-10(2)12(4)18(13)23-21(22)30/h6-7,11,14,16-17,24H,5,8-9H2,1-4H3,(H,23,30)(H,26,27)/t11-,14+,16+,17-,22+/m0/s1. The van der Waals surface area contributed by atoms with Gasteiger partial charge in [-0.2, -0.15) is 0 Å². The van der Waals surface area contributed by atoms with E-state index in [9.17, 15) is 24.3 Å². The van der Waals surface area contributed by atoms with Crippen LogP contribution in [0.15, 0.2) is 12.1 Å². The summed E-state index contributed by atoms with van der Waals surface area (Å²) in [7, 11) is 0. The SMILES string of the molecule is CC[C@H](C)N1C(=O)[C@H]2[C@@H](C1=O)[C@@]1([NH2+][C@@H]2CCC(=O)[O-])C(=O)Nc2c1ccc(C)c2C. The van der Waals surface area contributed by atoms with Gasteiger partial charge in [0.1, 0.15) is 17.9 Å². The molecule has 1 spiro atoms. The number of rotatable bonds is 5. The maximum atomic E-state index is 13.5. The number of imide groups is 1. The molecule has 4 rings (SSSR count). The minimum Gasteiger partial charge on any atom is -0.550 e. The van der Waals surface area contributed by atoms with Gasteiger partial charge in [0, 0.05) is 24.0 Å². The van der Waals surface area contributed by atoms with E-state index in [4.69, 9.17) is 0 Å². The highest BCUT2D eigenvalue weighted by Crippen LogP contribution is 2.50. The van der Waals surface area contributed by atoms with Gasteiger partial charge in [-0.15, -0.1) is 0 Å². The minimum absolute atomic E-state index is 0.159. The van der Waals surface area contributed by atoms with E-state index in [0.29, 0.717) is 17.7 Å². The average molecular weight is 413 g/mol. The molecule has 0 saturated carbocycles. The van der Waals surface area contributed by atoms with Crippen LogP contribution >= 0.6 is 0 Å². The number of nitrogens with two attached hydrogens (primary N) is 1. The highest BCUT2D eigenvalue weighted by Gasteiger charge is 2.74. The molecule has 3 amide bonds. The van der Waals surface area contributed by atoms with Gasteiger partial charge in [0.2, 0.25) is 17.4 Å². The lowest BCUT2D eigenvalue weighted by atomic mass is 9.76. The van der Waals surface area contributed by atoms with Crippen LogP contribution in [0.2, 0.25) is 0 Å². The number of benzene rings is 1. The Morgan fingerprint density at radius 2 is 1.97 bits per heavy atom. The van der Waals surface area contributed by atoms with E-state index in [0.717, 1.165) is 11.1 Å². The molecule has 3 heterocycles. The molecule has 1 aromatic carbocycles. The molecule has 0 radical (unpaired) electrons. The largest absolute Gasteiger partial charge is 0.550 e. The number of aliphatic carboxylic acids is 1. The zero-order valence-electron chi connectivity index (χ0n) is 17.7. The third-order valence-electron chi connectivity index (χ3n) is 7.32. The second kappa shape index (κ2) is 6.91. The predicted octanol–water partition coefficient (Wildman–Crippen LogP) is -0.674. The van der Waals surface area contributed by atoms with Gasteiger partial charge in [-0.3, -0.25) is 19.3 Å². The second-order valence-corrected chi connectivity index (χ2v) is 8.80. The van der Waals surface area contributed by atoms with Crippen molar-refractivity contribution in [1.82, 2.24) is 4.90 Å². The number of hydrogen-bond acceptors (Lipinski definition) is 5. The number of aryl methyl sites for hydroxylation is 1. The van der Waals surface area contributed by atoms with E-state index in [-0.39, 0.29) is 36.6 Å². The molecule has 8 nitrogen and oxygen atoms in total. The molecule has 0 aliphatic carbocycles. The molecule has 0 unspecified atom stereocenters. The first-order valence-corrected chi connectivity index (χ1v) is 10.5. The maximum absolute atomic E-state index is 13.5. The van der Waals surface area contributed by atoms with Gasteiger partial charge in [-0.05, 0) is 50.8 Å². The number of carbonyl (C=O) groups is 4. The van der Waals surface area contributed by atoms with Gasteiger partial charge in [-0.25, -0.2) is 0 Å². The van der Waals surface area contributed by atoms with Crippen LogP contribution < -0.4 is 15.7 Å². The summed E-state index contributed by atoms with van der Waals surface area (Å²) in [4.78, 5) is 52.6. The molecule has 2 saturated heterocycles. The van der Waals surface area contributed by atoms with Crippen molar-refractivity contribution in [3.63, 3.8) is 0 Å². The van der Waals surface area contributed by atoms with Crippen LogP contribution in [0.25, 0.3) is 0 Å². The third-order valence-corrected chi connectivity index (χ3v) is 7.32. The monoisotopic (exact) mass is 413 g/mol. The van der Waals surface area contributed by atoms with Crippen molar-refractivity contribution < 1.29 is 29.6 Å². The first-order chi connectivity index (χ1) is 14.1. The molecule has 8 heteroatoms. The van der Waals surface area contributed by atoms with E-state index in [1.54, 1.807) is 5.32 Å². The zero-order chi connectivity index (χ0) is 22.0. The number of hydrogen-bond donors (Lipinski definition) is 2. The molecule has 3 N–H and O–H groups in total. The molecule has 3 aliphatic heterocycles. The van der Waals surface area contributed by atoms with Crippen LogP contribution in [0.4, 0.5) is 5.69 Å². The van der Waals surface area contributed by atoms with Crippen LogP contribution in [0.1, 0.15) is 49.8 Å². The van der Waals surface area contributed by atoms with E-state index >= 15 is 0 Å². The summed E-state index contributed by atoms with van der Waals surface area (Å²) in [6.07, 6.45) is 0.539. The molecule has 0 aromatic heterocycles. The van der Waals surface area contributed by atoms with Crippen LogP contribution in [0.5, 0.6) is 0 Å². The van der Waals surface area contributed by atoms with E-state index < -0.39 is 29.4 Å². The third kappa shape index (κ3) is 2.56. The first kappa shape index (κ1) is 20.5. The van der Waals surface area contributed by atoms with Gasteiger partial charge >= 0.3 is 0 Å². The van der Waals surface area contributed by atoms with Crippen molar-refractivity contribution in [3.8, 4) is 0 Å². The van der Waals surface area contributed by atoms with Crippen LogP contribution in [0.3, 0.4) is 0 Å². The van der Waals surface area contributed by atoms with Crippen molar-refractivity contribution in [2.24, 2.45) is 11.8 Å². The van der Waals surface area contributed by atoms with E-state index in [1.807, 2.05) is 39.8 Å². The van der Waals surface area contributed by atoms with E-state index in [1.165, 1.54) is 4.90 Å². The smallest absolute Gasteiger partial charge is 0.291 e. The normalized spacial score (nSPS) is 30.6. The van der Waals surface area contributed by atoms with Crippen LogP contribution in [-0.4, -0.2) is 40.7 Å². The van der Waals surface area contributed by atoms with E-state index in [2.05, 4.69) is 5.32 Å². The Morgan fingerprint density at radius 1 is 1.27 bits per heavy atom. The highest BCUT2D eigenvalue weighted by atomic mass is 16.4. The quantitative estimate of drug-likeness (QED) is 0.620. The Morgan fingerprint density at radius 3 is 2.60 bits per heavy atom. The summed E-state index contributed by atoms with van der Waals surface area (Å²) >= 11 is 0. The van der Waals surface area contributed by atoms with Crippen LogP contribution in [-0.2, 0) is 24.7 Å². The highest BCUT2D eigenvalue weighted by molar-refractivity contribution is 6.14. The molecular weight excluding hydrogens is 386 g/mol. The Kier molecular flexibility index (Phi) is 4.73. The molecule has 0 bridgehead atoms. The number of nitrogens with one attached hydrogen (secondary N) is 1. The summed E-state index contributed by atoms with van der Waals surface area (Å²) in [5.41, 5.74) is 2.08. The maximum Gasteiger partial charge on any atom is 0.291 e. The number of carbonyl (C=O) groups excluding carboxylic acids is 4. The van der Waals surface area contributed by atoms with Gasteiger partial charge in [0.25, 0.3) is 5.91 Å². The van der Waals surface area contributed by atoms with Crippen molar-refractivity contribution in [1.29, 1.82) is 0 Å². The fraction of sp³-hybridized carbons (Fsp3) is 0.545. The number of nitrogens with zero attached hydrogens (tertiary/aromatic N) is 1. The van der Waals surface area contributed by atoms with Gasteiger partial charge < -0.3 is 20.5 Å². The zero-order valence-corrected chi connectivity index (χ0v) is 17.7. The number of anilines is 1. The van der Waals surface area contributed by atoms with Crippen molar-refractivity contribution in [2.75, 3.05) is 5.32 Å². The average Bonchev–Trinajstić information content (AvgIpc) is 3.28. The van der Waals surface area contributed by atoms with Crippen LogP contribution in [0, 0.1) is 25.7 Å². The van der Waals surface area contributed by atoms with Gasteiger partial charge in [0.15, 0.2) is 0 Å². The van der Waals surface area contributed by atoms with Crippen molar-refractivity contribution in [2.45, 2.75) is 64.6 Å². The lowest BCUT2D eigenvalue weighted by Crippen LogP contribution is -2.99. The molecule has 1 aromatic rings. The lowest BCUT2D eigenvalue weighted by Gasteiger charge is -2.28. The molecule has 30 heavy (non-hydrogen) atoms. The Bertz CT molecular complexity index is 974. The number of carboxylic acids is 1. The summed E-state index contributed by atoms with van der Waals surface area (Å²) in [6, 6.07) is 3.00. The fourth-order valence-corrected chi connectivity index (χ4v) is 5.47. The molecule has 160 valence electrons. The topological polar surface area (TPSA) is 123 Å². The summed E-state index contributed by atoms with van der Waals surface area (Å²) in [5.74, 6) is -3.75. The predicted molar refractivity (Wildman–Crippen MR) is 105 cm³/mol. The minimum atomic E-state index is -1.26. The Labute approximate surface area is 175 Å². The van der Waals surface area contributed by atoms with Crippen molar-refractivity contribution >= 4 is 29.4 Å². The molecule has 3 aliphatic rings. The van der Waals surface area contributed by atoms with Gasteiger partial charge in [0.05, 0.1) is 5.69 Å². The number of carboxylic acid groups (broad SMARTS) is 1. The number of amides is 3. The summed E-state index contributed by atoms with van der Waals surface area (Å²) < 4.78 is 0.